The van der Waals surface area contributed by atoms with Gasteiger partial charge in [0.25, 0.3) is 0 Å². The number of furan rings is 1. The highest BCUT2D eigenvalue weighted by Crippen LogP contribution is 2.23. The van der Waals surface area contributed by atoms with E-state index in [4.69, 9.17) is 9.68 Å². The van der Waals surface area contributed by atoms with Crippen LogP contribution in [-0.2, 0) is 6.42 Å². The van der Waals surface area contributed by atoms with Crippen LogP contribution in [0.15, 0.2) is 34.7 Å². The van der Waals surface area contributed by atoms with Crippen LogP contribution in [0.1, 0.15) is 35.7 Å². The summed E-state index contributed by atoms with van der Waals surface area (Å²) < 4.78 is 5.64. The lowest BCUT2D eigenvalue weighted by atomic mass is 10.1. The van der Waals surface area contributed by atoms with Crippen molar-refractivity contribution >= 4 is 11.0 Å². The first kappa shape index (κ1) is 12.5. The first-order valence-electron chi connectivity index (χ1n) is 6.61. The minimum absolute atomic E-state index is 0.264. The van der Waals surface area contributed by atoms with E-state index < -0.39 is 0 Å². The molecule has 0 aliphatic rings. The highest BCUT2D eigenvalue weighted by Gasteiger charge is 2.13. The molecule has 1 atom stereocenters. The largest absolute Gasteiger partial charge is 0.466 e. The van der Waals surface area contributed by atoms with Crippen LogP contribution in [0.25, 0.3) is 11.0 Å². The van der Waals surface area contributed by atoms with Crippen LogP contribution in [0.5, 0.6) is 0 Å². The minimum atomic E-state index is 0.264. The van der Waals surface area contributed by atoms with E-state index >= 15 is 0 Å². The highest BCUT2D eigenvalue weighted by atomic mass is 16.3. The van der Waals surface area contributed by atoms with Gasteiger partial charge >= 0.3 is 0 Å². The molecule has 0 aliphatic heterocycles. The van der Waals surface area contributed by atoms with Crippen molar-refractivity contribution in [1.29, 1.82) is 5.26 Å². The number of nitriles is 1. The summed E-state index contributed by atoms with van der Waals surface area (Å²) in [5, 5.41) is 8.90. The summed E-state index contributed by atoms with van der Waals surface area (Å²) in [6.45, 7) is 4.06. The molecule has 3 aromatic rings. The van der Waals surface area contributed by atoms with Crippen molar-refractivity contribution in [3.63, 3.8) is 0 Å². The van der Waals surface area contributed by atoms with Gasteiger partial charge in [-0.3, -0.25) is 0 Å². The Morgan fingerprint density at radius 2 is 2.20 bits per heavy atom. The summed E-state index contributed by atoms with van der Waals surface area (Å²) in [7, 11) is 0. The third-order valence-electron chi connectivity index (χ3n) is 3.41. The molecule has 100 valence electrons. The van der Waals surface area contributed by atoms with Crippen molar-refractivity contribution in [3.8, 4) is 6.07 Å². The summed E-state index contributed by atoms with van der Waals surface area (Å²) in [6, 6.07) is 11.6. The predicted molar refractivity (Wildman–Crippen MR) is 76.4 cm³/mol. The second kappa shape index (κ2) is 4.86. The molecule has 0 aliphatic carbocycles. The molecule has 2 heterocycles. The normalized spacial score (nSPS) is 12.4. The van der Waals surface area contributed by atoms with Crippen molar-refractivity contribution in [2.75, 3.05) is 0 Å². The third kappa shape index (κ3) is 2.30. The smallest absolute Gasteiger partial charge is 0.107 e. The molecule has 0 fully saturated rings. The fourth-order valence-electron chi connectivity index (χ4n) is 2.34. The Balaban J connectivity index is 1.86. The van der Waals surface area contributed by atoms with Gasteiger partial charge in [-0.25, -0.2) is 4.98 Å². The maximum absolute atomic E-state index is 8.90. The number of hydrogen-bond acceptors (Lipinski definition) is 3. The van der Waals surface area contributed by atoms with Crippen molar-refractivity contribution in [2.24, 2.45) is 0 Å². The van der Waals surface area contributed by atoms with E-state index in [2.05, 4.69) is 23.0 Å². The van der Waals surface area contributed by atoms with E-state index in [1.165, 1.54) is 0 Å². The molecule has 1 aromatic carbocycles. The quantitative estimate of drug-likeness (QED) is 0.785. The maximum Gasteiger partial charge on any atom is 0.107 e. The molecule has 0 saturated carbocycles. The summed E-state index contributed by atoms with van der Waals surface area (Å²) in [4.78, 5) is 7.83. The monoisotopic (exact) mass is 265 g/mol. The molecule has 0 radical (unpaired) electrons. The summed E-state index contributed by atoms with van der Waals surface area (Å²) in [5.41, 5.74) is 2.44. The van der Waals surface area contributed by atoms with Crippen molar-refractivity contribution in [1.82, 2.24) is 9.97 Å². The number of benzene rings is 1. The van der Waals surface area contributed by atoms with Gasteiger partial charge in [-0.05, 0) is 37.3 Å². The molecular weight excluding hydrogens is 250 g/mol. The molecule has 1 N–H and O–H groups in total. The summed E-state index contributed by atoms with van der Waals surface area (Å²) in [6.07, 6.45) is 0.781. The van der Waals surface area contributed by atoms with Crippen LogP contribution in [0.4, 0.5) is 0 Å². The second-order valence-corrected chi connectivity index (χ2v) is 5.08. The number of nitrogens with one attached hydrogen (secondary N) is 1. The Kier molecular flexibility index (Phi) is 3.03. The molecular formula is C16H15N3O. The van der Waals surface area contributed by atoms with Gasteiger partial charge in [0.05, 0.1) is 22.7 Å². The molecule has 0 saturated heterocycles. The Hall–Kier alpha value is -2.54. The van der Waals surface area contributed by atoms with Gasteiger partial charge in [-0.15, -0.1) is 0 Å². The first-order valence-corrected chi connectivity index (χ1v) is 6.61. The molecule has 0 amide bonds. The number of H-pyrrole nitrogens is 1. The Morgan fingerprint density at radius 1 is 1.35 bits per heavy atom. The number of nitrogens with zero attached hydrogens (tertiary/aromatic N) is 2. The van der Waals surface area contributed by atoms with Crippen LogP contribution in [-0.4, -0.2) is 9.97 Å². The molecule has 0 spiro atoms. The van der Waals surface area contributed by atoms with E-state index in [-0.39, 0.29) is 5.92 Å². The zero-order valence-electron chi connectivity index (χ0n) is 11.5. The second-order valence-electron chi connectivity index (χ2n) is 5.08. The van der Waals surface area contributed by atoms with E-state index in [1.807, 2.05) is 31.2 Å². The zero-order valence-corrected chi connectivity index (χ0v) is 11.5. The molecule has 4 nitrogen and oxygen atoms in total. The lowest BCUT2D eigenvalue weighted by molar-refractivity contribution is 0.449. The number of fused-ring (bicyclic) bond motifs is 1. The first-order chi connectivity index (χ1) is 9.65. The standard InChI is InChI=1S/C16H15N3O/c1-10(15-6-3-11(2)20-15)7-16-18-13-5-4-12(9-17)8-14(13)19-16/h3-6,8,10H,7H2,1-2H3,(H,18,19)/t10-/m0/s1. The number of imidazole rings is 1. The van der Waals surface area contributed by atoms with Gasteiger partial charge in [0.2, 0.25) is 0 Å². The molecule has 2 aromatic heterocycles. The van der Waals surface area contributed by atoms with Gasteiger partial charge in [-0.1, -0.05) is 6.92 Å². The van der Waals surface area contributed by atoms with Crippen LogP contribution >= 0.6 is 0 Å². The van der Waals surface area contributed by atoms with Crippen molar-refractivity contribution in [3.05, 3.63) is 53.2 Å². The topological polar surface area (TPSA) is 65.6 Å². The van der Waals surface area contributed by atoms with Crippen LogP contribution in [0, 0.1) is 18.3 Å². The lowest BCUT2D eigenvalue weighted by Crippen LogP contribution is -1.98. The Morgan fingerprint density at radius 3 is 2.90 bits per heavy atom. The third-order valence-corrected chi connectivity index (χ3v) is 3.41. The van der Waals surface area contributed by atoms with Gasteiger partial charge in [-0.2, -0.15) is 5.26 Å². The molecule has 3 rings (SSSR count). The van der Waals surface area contributed by atoms with E-state index in [9.17, 15) is 0 Å². The lowest BCUT2D eigenvalue weighted by Gasteiger charge is -2.05. The number of aromatic amines is 1. The van der Waals surface area contributed by atoms with Crippen LogP contribution in [0.3, 0.4) is 0 Å². The van der Waals surface area contributed by atoms with Gasteiger partial charge < -0.3 is 9.40 Å². The highest BCUT2D eigenvalue weighted by molar-refractivity contribution is 5.76. The van der Waals surface area contributed by atoms with Gasteiger partial charge in [0, 0.05) is 12.3 Å². The minimum Gasteiger partial charge on any atom is -0.466 e. The van der Waals surface area contributed by atoms with Crippen molar-refractivity contribution < 1.29 is 4.42 Å². The Bertz CT molecular complexity index is 792. The number of aromatic nitrogens is 2. The number of hydrogen-bond donors (Lipinski definition) is 1. The number of aryl methyl sites for hydroxylation is 1. The van der Waals surface area contributed by atoms with Gasteiger partial charge in [0.1, 0.15) is 17.3 Å². The molecule has 20 heavy (non-hydrogen) atoms. The van der Waals surface area contributed by atoms with Gasteiger partial charge in [0.15, 0.2) is 0 Å². The van der Waals surface area contributed by atoms with E-state index in [0.717, 1.165) is 34.8 Å². The van der Waals surface area contributed by atoms with Crippen LogP contribution in [0.2, 0.25) is 0 Å². The maximum atomic E-state index is 8.90. The fourth-order valence-corrected chi connectivity index (χ4v) is 2.34. The van der Waals surface area contributed by atoms with E-state index in [1.54, 1.807) is 6.07 Å². The average molecular weight is 265 g/mol. The zero-order chi connectivity index (χ0) is 14.1. The predicted octanol–water partition coefficient (Wildman–Crippen LogP) is 3.68. The fraction of sp³-hybridized carbons (Fsp3) is 0.250. The Labute approximate surface area is 117 Å². The molecule has 0 unspecified atom stereocenters. The summed E-state index contributed by atoms with van der Waals surface area (Å²) >= 11 is 0. The number of rotatable bonds is 3. The SMILES string of the molecule is Cc1ccc([C@@H](C)Cc2nc3ccc(C#N)cc3[nH]2)o1. The van der Waals surface area contributed by atoms with Crippen molar-refractivity contribution in [2.45, 2.75) is 26.2 Å². The molecule has 0 bridgehead atoms. The van der Waals surface area contributed by atoms with Crippen LogP contribution < -0.4 is 0 Å². The molecule has 4 heteroatoms. The summed E-state index contributed by atoms with van der Waals surface area (Å²) in [5.74, 6) is 3.08. The average Bonchev–Trinajstić information content (AvgIpc) is 3.03. The van der Waals surface area contributed by atoms with E-state index in [0.29, 0.717) is 5.56 Å².